The summed E-state index contributed by atoms with van der Waals surface area (Å²) < 4.78 is 10.5. The third-order valence-corrected chi connectivity index (χ3v) is 4.15. The molecule has 0 spiro atoms. The summed E-state index contributed by atoms with van der Waals surface area (Å²) in [6.07, 6.45) is 0. The van der Waals surface area contributed by atoms with E-state index in [0.29, 0.717) is 17.1 Å². The Balaban J connectivity index is 2.07. The first-order chi connectivity index (χ1) is 10.4. The Morgan fingerprint density at radius 3 is 2.09 bits per heavy atom. The maximum Gasteiger partial charge on any atom is 0.254 e. The number of piperazine rings is 1. The molecule has 0 aromatic heterocycles. The van der Waals surface area contributed by atoms with Crippen LogP contribution in [0.2, 0.25) is 0 Å². The zero-order chi connectivity index (χ0) is 16.3. The average molecular weight is 306 g/mol. The van der Waals surface area contributed by atoms with Gasteiger partial charge in [0.15, 0.2) is 11.5 Å². The number of nitrogens with zero attached hydrogens (tertiary/aromatic N) is 2. The van der Waals surface area contributed by atoms with E-state index >= 15 is 0 Å². The number of hydrogen-bond acceptors (Lipinski definition) is 4. The van der Waals surface area contributed by atoms with Gasteiger partial charge in [0.25, 0.3) is 5.91 Å². The molecule has 0 N–H and O–H groups in total. The van der Waals surface area contributed by atoms with Gasteiger partial charge < -0.3 is 14.4 Å². The fourth-order valence-corrected chi connectivity index (χ4v) is 2.73. The minimum absolute atomic E-state index is 0.0505. The molecule has 22 heavy (non-hydrogen) atoms. The van der Waals surface area contributed by atoms with Crippen molar-refractivity contribution in [1.82, 2.24) is 9.80 Å². The van der Waals surface area contributed by atoms with Crippen LogP contribution in [0.25, 0.3) is 0 Å². The molecular formula is C17H26N2O3. The van der Waals surface area contributed by atoms with Crippen molar-refractivity contribution in [2.45, 2.75) is 26.3 Å². The Labute approximate surface area is 132 Å². The van der Waals surface area contributed by atoms with E-state index < -0.39 is 0 Å². The van der Waals surface area contributed by atoms with Crippen molar-refractivity contribution in [2.24, 2.45) is 0 Å². The SMILES string of the molecule is COc1ccc(C(=O)N2CCN(C(C)(C)C)CC2)cc1OC. The molecule has 1 aromatic rings. The number of carbonyl (C=O) groups excluding carboxylic acids is 1. The van der Waals surface area contributed by atoms with Crippen molar-refractivity contribution in [3.05, 3.63) is 23.8 Å². The molecule has 0 radical (unpaired) electrons. The van der Waals surface area contributed by atoms with E-state index in [1.807, 2.05) is 4.90 Å². The highest BCUT2D eigenvalue weighted by Gasteiger charge is 2.28. The Morgan fingerprint density at radius 1 is 1.00 bits per heavy atom. The molecule has 122 valence electrons. The van der Waals surface area contributed by atoms with Gasteiger partial charge in [-0.25, -0.2) is 0 Å². The summed E-state index contributed by atoms with van der Waals surface area (Å²) in [6.45, 7) is 9.94. The van der Waals surface area contributed by atoms with Gasteiger partial charge in [-0.05, 0) is 39.0 Å². The smallest absolute Gasteiger partial charge is 0.254 e. The molecule has 0 atom stereocenters. The van der Waals surface area contributed by atoms with E-state index in [9.17, 15) is 4.79 Å². The number of carbonyl (C=O) groups is 1. The second kappa shape index (κ2) is 6.57. The third-order valence-electron chi connectivity index (χ3n) is 4.15. The number of hydrogen-bond donors (Lipinski definition) is 0. The molecule has 1 fully saturated rings. The highest BCUT2D eigenvalue weighted by Crippen LogP contribution is 2.28. The summed E-state index contributed by atoms with van der Waals surface area (Å²) in [7, 11) is 3.17. The van der Waals surface area contributed by atoms with Gasteiger partial charge in [-0.2, -0.15) is 0 Å². The fourth-order valence-electron chi connectivity index (χ4n) is 2.73. The van der Waals surface area contributed by atoms with Crippen LogP contribution in [0, 0.1) is 0 Å². The minimum atomic E-state index is 0.0505. The molecule has 0 unspecified atom stereocenters. The summed E-state index contributed by atoms with van der Waals surface area (Å²) in [5, 5.41) is 0. The van der Waals surface area contributed by atoms with Gasteiger partial charge in [-0.1, -0.05) is 0 Å². The topological polar surface area (TPSA) is 42.0 Å². The Kier molecular flexibility index (Phi) is 4.96. The molecule has 1 aliphatic rings. The first-order valence-corrected chi connectivity index (χ1v) is 7.63. The summed E-state index contributed by atoms with van der Waals surface area (Å²) in [6, 6.07) is 5.31. The first kappa shape index (κ1) is 16.6. The summed E-state index contributed by atoms with van der Waals surface area (Å²) >= 11 is 0. The monoisotopic (exact) mass is 306 g/mol. The molecule has 2 rings (SSSR count). The maximum atomic E-state index is 12.6. The van der Waals surface area contributed by atoms with Gasteiger partial charge >= 0.3 is 0 Å². The van der Waals surface area contributed by atoms with E-state index in [1.165, 1.54) is 0 Å². The number of methoxy groups -OCH3 is 2. The molecule has 1 aliphatic heterocycles. The van der Waals surface area contributed by atoms with Crippen LogP contribution >= 0.6 is 0 Å². The van der Waals surface area contributed by atoms with Crippen molar-refractivity contribution in [3.8, 4) is 11.5 Å². The quantitative estimate of drug-likeness (QED) is 0.859. The van der Waals surface area contributed by atoms with E-state index in [1.54, 1.807) is 32.4 Å². The Bertz CT molecular complexity index is 529. The zero-order valence-corrected chi connectivity index (χ0v) is 14.2. The zero-order valence-electron chi connectivity index (χ0n) is 14.2. The van der Waals surface area contributed by atoms with E-state index in [4.69, 9.17) is 9.47 Å². The standard InChI is InChI=1S/C17H26N2O3/c1-17(2,3)19-10-8-18(9-11-19)16(20)13-6-7-14(21-4)15(12-13)22-5/h6-7,12H,8-11H2,1-5H3. The van der Waals surface area contributed by atoms with Crippen molar-refractivity contribution >= 4 is 5.91 Å². The largest absolute Gasteiger partial charge is 0.493 e. The lowest BCUT2D eigenvalue weighted by atomic mass is 10.0. The van der Waals surface area contributed by atoms with Crippen LogP contribution in [0.3, 0.4) is 0 Å². The number of rotatable bonds is 3. The predicted octanol–water partition coefficient (Wildman–Crippen LogP) is 2.26. The normalized spacial score (nSPS) is 16.5. The number of amides is 1. The van der Waals surface area contributed by atoms with Crippen LogP contribution < -0.4 is 9.47 Å². The first-order valence-electron chi connectivity index (χ1n) is 7.63. The van der Waals surface area contributed by atoms with Crippen LogP contribution in [-0.2, 0) is 0 Å². The summed E-state index contributed by atoms with van der Waals surface area (Å²) in [5.41, 5.74) is 0.792. The van der Waals surface area contributed by atoms with Crippen molar-refractivity contribution < 1.29 is 14.3 Å². The predicted molar refractivity (Wildman–Crippen MR) is 86.8 cm³/mol. The van der Waals surface area contributed by atoms with Crippen LogP contribution in [0.5, 0.6) is 11.5 Å². The summed E-state index contributed by atoms with van der Waals surface area (Å²) in [5.74, 6) is 1.27. The Hall–Kier alpha value is -1.75. The highest BCUT2D eigenvalue weighted by atomic mass is 16.5. The van der Waals surface area contributed by atoms with Gasteiger partial charge in [0.2, 0.25) is 0 Å². The van der Waals surface area contributed by atoms with Crippen molar-refractivity contribution in [1.29, 1.82) is 0 Å². The second-order valence-electron chi connectivity index (χ2n) is 6.52. The molecule has 0 aliphatic carbocycles. The highest BCUT2D eigenvalue weighted by molar-refractivity contribution is 5.95. The molecule has 5 heteroatoms. The van der Waals surface area contributed by atoms with Crippen LogP contribution in [-0.4, -0.2) is 61.6 Å². The van der Waals surface area contributed by atoms with E-state index in [2.05, 4.69) is 25.7 Å². The van der Waals surface area contributed by atoms with Gasteiger partial charge in [0.1, 0.15) is 0 Å². The maximum absolute atomic E-state index is 12.6. The molecule has 1 saturated heterocycles. The fraction of sp³-hybridized carbons (Fsp3) is 0.588. The summed E-state index contributed by atoms with van der Waals surface area (Å²) in [4.78, 5) is 16.9. The molecular weight excluding hydrogens is 280 g/mol. The average Bonchev–Trinajstić information content (AvgIpc) is 2.52. The lowest BCUT2D eigenvalue weighted by molar-refractivity contribution is 0.0451. The van der Waals surface area contributed by atoms with Crippen LogP contribution in [0.1, 0.15) is 31.1 Å². The van der Waals surface area contributed by atoms with Gasteiger partial charge in [0, 0.05) is 37.3 Å². The van der Waals surface area contributed by atoms with Gasteiger partial charge in [0.05, 0.1) is 14.2 Å². The van der Waals surface area contributed by atoms with E-state index in [-0.39, 0.29) is 11.4 Å². The van der Waals surface area contributed by atoms with Crippen molar-refractivity contribution in [2.75, 3.05) is 40.4 Å². The minimum Gasteiger partial charge on any atom is -0.493 e. The second-order valence-corrected chi connectivity index (χ2v) is 6.52. The lowest BCUT2D eigenvalue weighted by Crippen LogP contribution is -2.54. The van der Waals surface area contributed by atoms with E-state index in [0.717, 1.165) is 26.2 Å². The molecule has 1 heterocycles. The Morgan fingerprint density at radius 2 is 1.59 bits per heavy atom. The van der Waals surface area contributed by atoms with Gasteiger partial charge in [-0.15, -0.1) is 0 Å². The molecule has 0 bridgehead atoms. The van der Waals surface area contributed by atoms with Crippen LogP contribution in [0.4, 0.5) is 0 Å². The van der Waals surface area contributed by atoms with Gasteiger partial charge in [-0.3, -0.25) is 9.69 Å². The van der Waals surface area contributed by atoms with Crippen LogP contribution in [0.15, 0.2) is 18.2 Å². The molecule has 5 nitrogen and oxygen atoms in total. The molecule has 0 saturated carbocycles. The number of benzene rings is 1. The van der Waals surface area contributed by atoms with Crippen molar-refractivity contribution in [3.63, 3.8) is 0 Å². The molecule has 1 amide bonds. The lowest BCUT2D eigenvalue weighted by Gasteiger charge is -2.42. The molecule has 1 aromatic carbocycles. The number of ether oxygens (including phenoxy) is 2. The third kappa shape index (κ3) is 3.53.